The van der Waals surface area contributed by atoms with E-state index < -0.39 is 20.4 Å². The molecule has 0 atom stereocenters. The van der Waals surface area contributed by atoms with Gasteiger partial charge in [-0.15, -0.1) is 0 Å². The number of phosphoric acid groups is 1. The minimum Gasteiger partial charge on any atom is -0.332 e. The van der Waals surface area contributed by atoms with E-state index in [0.717, 1.165) is 15.8 Å². The third-order valence-corrected chi connectivity index (χ3v) is 6.46. The highest BCUT2D eigenvalue weighted by atomic mass is 31.2. The van der Waals surface area contributed by atoms with Crippen LogP contribution in [0.3, 0.4) is 0 Å². The summed E-state index contributed by atoms with van der Waals surface area (Å²) < 4.78 is 44.6. The molecule has 2 aromatic carbocycles. The van der Waals surface area contributed by atoms with Crippen molar-refractivity contribution in [2.24, 2.45) is 0 Å². The molecule has 0 aliphatic carbocycles. The van der Waals surface area contributed by atoms with Crippen LogP contribution in [0.25, 0.3) is 22.4 Å². The van der Waals surface area contributed by atoms with Crippen LogP contribution in [0.4, 0.5) is 14.7 Å². The summed E-state index contributed by atoms with van der Waals surface area (Å²) in [7, 11) is -4.70. The van der Waals surface area contributed by atoms with Crippen molar-refractivity contribution in [3.63, 3.8) is 0 Å². The Morgan fingerprint density at radius 2 is 1.80 bits per heavy atom. The summed E-state index contributed by atoms with van der Waals surface area (Å²) >= 11 is 0. The van der Waals surface area contributed by atoms with Crippen molar-refractivity contribution < 1.29 is 27.7 Å². The van der Waals surface area contributed by atoms with Crippen LogP contribution in [0.2, 0.25) is 0 Å². The number of phosphoric ester groups is 1. The molecule has 14 heteroatoms. The second kappa shape index (κ2) is 10.2. The van der Waals surface area contributed by atoms with E-state index in [1.165, 1.54) is 30.6 Å². The maximum Gasteiger partial charge on any atom is 0.471 e. The first-order valence-electron chi connectivity index (χ1n) is 11.8. The van der Waals surface area contributed by atoms with Gasteiger partial charge >= 0.3 is 7.82 Å². The number of nitrogens with zero attached hydrogens (tertiary/aromatic N) is 7. The van der Waals surface area contributed by atoms with Gasteiger partial charge in [-0.25, -0.2) is 38.0 Å². The van der Waals surface area contributed by atoms with Crippen molar-refractivity contribution in [1.29, 1.82) is 0 Å². The summed E-state index contributed by atoms with van der Waals surface area (Å²) in [5.74, 6) is 5.60. The van der Waals surface area contributed by atoms with Crippen molar-refractivity contribution in [1.82, 2.24) is 29.7 Å². The Kier molecular flexibility index (Phi) is 6.53. The lowest BCUT2D eigenvalue weighted by atomic mass is 10.1. The van der Waals surface area contributed by atoms with E-state index in [9.17, 15) is 13.3 Å². The van der Waals surface area contributed by atoms with Crippen molar-refractivity contribution in [2.45, 2.75) is 19.8 Å². The average molecular weight is 561 g/mol. The fourth-order valence-corrected chi connectivity index (χ4v) is 4.50. The van der Waals surface area contributed by atoms with Crippen molar-refractivity contribution in [3.05, 3.63) is 95.1 Å². The molecular weight excluding hydrogens is 543 g/mol. The lowest BCUT2D eigenvalue weighted by molar-refractivity contribution is 0.146. The zero-order chi connectivity index (χ0) is 27.9. The van der Waals surface area contributed by atoms with Crippen LogP contribution in [0.15, 0.2) is 61.1 Å². The Labute approximate surface area is 225 Å². The smallest absolute Gasteiger partial charge is 0.332 e. The highest BCUT2D eigenvalue weighted by Crippen LogP contribution is 2.36. The van der Waals surface area contributed by atoms with Crippen molar-refractivity contribution in [2.75, 3.05) is 4.90 Å². The summed E-state index contributed by atoms with van der Waals surface area (Å²) in [5, 5.41) is 4.32. The quantitative estimate of drug-likeness (QED) is 0.242. The van der Waals surface area contributed by atoms with Crippen LogP contribution in [0.5, 0.6) is 0 Å². The SMILES string of the molecule is O=P(O)(O)OCn1cc2cc(C#Cc3ccnc(-c4ccnc(N5Cc6ccc(F)cc6C5)n4)n3)cc(F)c2n1. The van der Waals surface area contributed by atoms with Gasteiger partial charge in [0.15, 0.2) is 18.4 Å². The molecule has 0 saturated heterocycles. The van der Waals surface area contributed by atoms with Crippen LogP contribution in [0, 0.1) is 23.5 Å². The molecule has 11 nitrogen and oxygen atoms in total. The number of anilines is 1. The Bertz CT molecular complexity index is 1880. The van der Waals surface area contributed by atoms with Crippen molar-refractivity contribution >= 4 is 24.7 Å². The lowest BCUT2D eigenvalue weighted by Crippen LogP contribution is -2.17. The molecule has 0 saturated carbocycles. The predicted molar refractivity (Wildman–Crippen MR) is 138 cm³/mol. The Balaban J connectivity index is 1.22. The number of benzene rings is 2. The van der Waals surface area contributed by atoms with Crippen LogP contribution >= 0.6 is 7.82 Å². The number of hydrogen-bond acceptors (Lipinski definition) is 8. The third kappa shape index (κ3) is 5.56. The molecule has 0 amide bonds. The zero-order valence-electron chi connectivity index (χ0n) is 20.4. The van der Waals surface area contributed by atoms with E-state index >= 15 is 0 Å². The lowest BCUT2D eigenvalue weighted by Gasteiger charge is -2.15. The molecule has 0 spiro atoms. The minimum absolute atomic E-state index is 0.00924. The van der Waals surface area contributed by atoms with Crippen LogP contribution in [0.1, 0.15) is 22.4 Å². The number of halogens is 2. The second-order valence-electron chi connectivity index (χ2n) is 8.84. The van der Waals surface area contributed by atoms with Gasteiger partial charge in [0.05, 0.1) is 0 Å². The molecule has 5 aromatic rings. The van der Waals surface area contributed by atoms with E-state index in [0.29, 0.717) is 47.2 Å². The van der Waals surface area contributed by atoms with Gasteiger partial charge in [-0.3, -0.25) is 4.52 Å². The molecule has 0 unspecified atom stereocenters. The van der Waals surface area contributed by atoms with Crippen LogP contribution < -0.4 is 4.90 Å². The first kappa shape index (κ1) is 25.7. The average Bonchev–Trinajstić information content (AvgIpc) is 3.55. The van der Waals surface area contributed by atoms with E-state index in [1.807, 2.05) is 4.90 Å². The molecule has 1 aliphatic heterocycles. The summed E-state index contributed by atoms with van der Waals surface area (Å²) in [6.07, 6.45) is 4.54. The third-order valence-electron chi connectivity index (χ3n) is 6.00. The molecule has 3 aromatic heterocycles. The Morgan fingerprint density at radius 1 is 0.975 bits per heavy atom. The summed E-state index contributed by atoms with van der Waals surface area (Å²) in [5.41, 5.74) is 3.11. The molecule has 6 rings (SSSR count). The van der Waals surface area contributed by atoms with Gasteiger partial charge < -0.3 is 14.7 Å². The van der Waals surface area contributed by atoms with E-state index in [1.54, 1.807) is 30.5 Å². The highest BCUT2D eigenvalue weighted by Gasteiger charge is 2.22. The van der Waals surface area contributed by atoms with E-state index in [4.69, 9.17) is 9.79 Å². The van der Waals surface area contributed by atoms with Gasteiger partial charge in [-0.2, -0.15) is 5.10 Å². The van der Waals surface area contributed by atoms with Crippen LogP contribution in [-0.2, 0) is 28.9 Å². The van der Waals surface area contributed by atoms with Crippen LogP contribution in [-0.4, -0.2) is 39.5 Å². The first-order chi connectivity index (χ1) is 19.2. The number of hydrogen-bond donors (Lipinski definition) is 2. The maximum absolute atomic E-state index is 14.6. The van der Waals surface area contributed by atoms with Gasteiger partial charge in [0.2, 0.25) is 5.95 Å². The molecule has 0 bridgehead atoms. The summed E-state index contributed by atoms with van der Waals surface area (Å²) in [4.78, 5) is 37.4. The fourth-order valence-electron chi connectivity index (χ4n) is 4.23. The zero-order valence-corrected chi connectivity index (χ0v) is 21.3. The van der Waals surface area contributed by atoms with Gasteiger partial charge in [0.1, 0.15) is 22.7 Å². The largest absolute Gasteiger partial charge is 0.471 e. The molecule has 40 heavy (non-hydrogen) atoms. The second-order valence-corrected chi connectivity index (χ2v) is 10.1. The summed E-state index contributed by atoms with van der Waals surface area (Å²) in [6.45, 7) is 0.498. The molecule has 200 valence electrons. The topological polar surface area (TPSA) is 139 Å². The van der Waals surface area contributed by atoms with E-state index in [-0.39, 0.29) is 11.3 Å². The molecule has 0 fully saturated rings. The number of rotatable bonds is 5. The van der Waals surface area contributed by atoms with Crippen molar-refractivity contribution in [3.8, 4) is 23.4 Å². The number of fused-ring (bicyclic) bond motifs is 2. The monoisotopic (exact) mass is 561 g/mol. The molecule has 2 N–H and O–H groups in total. The highest BCUT2D eigenvalue weighted by molar-refractivity contribution is 7.46. The molecule has 1 aliphatic rings. The normalized spacial score (nSPS) is 12.8. The minimum atomic E-state index is -4.70. The number of aromatic nitrogens is 6. The predicted octanol–water partition coefficient (Wildman–Crippen LogP) is 3.55. The summed E-state index contributed by atoms with van der Waals surface area (Å²) in [6, 6.07) is 10.8. The van der Waals surface area contributed by atoms with E-state index in [2.05, 4.69) is 41.4 Å². The Morgan fingerprint density at radius 3 is 2.65 bits per heavy atom. The Hall–Kier alpha value is -4.60. The maximum atomic E-state index is 14.6. The van der Waals surface area contributed by atoms with Gasteiger partial charge in [-0.1, -0.05) is 12.0 Å². The van der Waals surface area contributed by atoms with Gasteiger partial charge in [-0.05, 0) is 53.4 Å². The molecule has 0 radical (unpaired) electrons. The first-order valence-corrected chi connectivity index (χ1v) is 13.3. The molecule has 4 heterocycles. The standard InChI is InChI=1S/C26H18F2N7O4P/c27-20-3-2-17-12-34(13-18(17)11-20)26-30-8-6-23(32-26)25-29-7-5-21(31-25)4-1-16-9-19-14-35(15-39-40(36,37)38)33-24(19)22(28)10-16/h2-3,5-11,14H,12-13,15H2,(H2,36,37,38). The molecular formula is C26H18F2N7O4P. The van der Waals surface area contributed by atoms with Gasteiger partial charge in [0, 0.05) is 42.6 Å². The van der Waals surface area contributed by atoms with Gasteiger partial charge in [0.25, 0.3) is 0 Å². The fraction of sp³-hybridized carbons (Fsp3) is 0.115.